The van der Waals surface area contributed by atoms with Gasteiger partial charge in [-0.25, -0.2) is 0 Å². The van der Waals surface area contributed by atoms with Crippen LogP contribution in [0.2, 0.25) is 0 Å². The van der Waals surface area contributed by atoms with Crippen molar-refractivity contribution in [2.24, 2.45) is 10.8 Å². The van der Waals surface area contributed by atoms with E-state index >= 15 is 0 Å². The Morgan fingerprint density at radius 3 is 2.77 bits per heavy atom. The lowest BCUT2D eigenvalue weighted by Gasteiger charge is -2.03. The lowest BCUT2D eigenvalue weighted by Crippen LogP contribution is -2.22. The first-order chi connectivity index (χ1) is 6.18. The largest absolute Gasteiger partial charge is 0.369 e. The zero-order valence-electron chi connectivity index (χ0n) is 7.32. The third-order valence-corrected chi connectivity index (χ3v) is 2.50. The zero-order chi connectivity index (χ0) is 10.1. The molecule has 0 bridgehead atoms. The molecule has 1 atom stereocenters. The third kappa shape index (κ3) is 7.62. The normalized spacial score (nSPS) is 11.8. The van der Waals surface area contributed by atoms with Gasteiger partial charge < -0.3 is 5.73 Å². The first-order valence-corrected chi connectivity index (χ1v) is 5.04. The molecule has 0 radical (unpaired) electrons. The fraction of sp³-hybridized carbons (Fsp3) is 0.857. The third-order valence-electron chi connectivity index (χ3n) is 1.59. The van der Waals surface area contributed by atoms with Gasteiger partial charge in [-0.3, -0.25) is 4.79 Å². The van der Waals surface area contributed by atoms with Crippen LogP contribution in [0.1, 0.15) is 25.7 Å². The van der Waals surface area contributed by atoms with Gasteiger partial charge in [0.1, 0.15) is 0 Å². The molecule has 0 aliphatic rings. The number of primary amides is 1. The lowest BCUT2D eigenvalue weighted by molar-refractivity contribution is -0.117. The van der Waals surface area contributed by atoms with Crippen molar-refractivity contribution in [3.05, 3.63) is 10.4 Å². The van der Waals surface area contributed by atoms with Crippen molar-refractivity contribution in [1.82, 2.24) is 0 Å². The molecule has 6 heteroatoms. The highest BCUT2D eigenvalue weighted by atomic mass is 79.9. The number of azide groups is 1. The summed E-state index contributed by atoms with van der Waals surface area (Å²) in [5.74, 6) is -0.324. The van der Waals surface area contributed by atoms with E-state index in [9.17, 15) is 4.79 Å². The van der Waals surface area contributed by atoms with Crippen LogP contribution in [0.25, 0.3) is 10.4 Å². The quantitative estimate of drug-likeness (QED) is 0.242. The van der Waals surface area contributed by atoms with Crippen LogP contribution < -0.4 is 5.73 Å². The molecule has 0 aromatic rings. The summed E-state index contributed by atoms with van der Waals surface area (Å²) in [5, 5.41) is 3.40. The van der Waals surface area contributed by atoms with Gasteiger partial charge in [-0.05, 0) is 18.4 Å². The van der Waals surface area contributed by atoms with Gasteiger partial charge in [-0.1, -0.05) is 33.9 Å². The number of hydrogen-bond donors (Lipinski definition) is 1. The van der Waals surface area contributed by atoms with E-state index in [2.05, 4.69) is 26.0 Å². The number of amides is 1. The molecule has 0 aromatic carbocycles. The van der Waals surface area contributed by atoms with Crippen molar-refractivity contribution in [2.75, 3.05) is 6.54 Å². The van der Waals surface area contributed by atoms with Gasteiger partial charge in [-0.2, -0.15) is 0 Å². The van der Waals surface area contributed by atoms with Crippen LogP contribution in [0.3, 0.4) is 0 Å². The zero-order valence-corrected chi connectivity index (χ0v) is 8.90. The number of carbonyl (C=O) groups is 1. The fourth-order valence-electron chi connectivity index (χ4n) is 0.870. The van der Waals surface area contributed by atoms with Gasteiger partial charge in [0.25, 0.3) is 0 Å². The molecule has 0 heterocycles. The molecule has 0 spiro atoms. The molecular weight excluding hydrogens is 236 g/mol. The molecule has 0 aromatic heterocycles. The topological polar surface area (TPSA) is 91.8 Å². The standard InChI is InChI=1S/C7H13BrN4O/c8-6(7(9)13)4-2-1-3-5-11-12-10/h6H,1-5H2,(H2,9,13). The van der Waals surface area contributed by atoms with E-state index < -0.39 is 0 Å². The molecule has 0 aliphatic heterocycles. The van der Waals surface area contributed by atoms with Crippen LogP contribution in [0.5, 0.6) is 0 Å². The Bertz CT molecular complexity index is 203. The minimum Gasteiger partial charge on any atom is -0.369 e. The second-order valence-electron chi connectivity index (χ2n) is 2.67. The summed E-state index contributed by atoms with van der Waals surface area (Å²) in [6.45, 7) is 0.528. The second-order valence-corrected chi connectivity index (χ2v) is 3.78. The van der Waals surface area contributed by atoms with Gasteiger partial charge in [0.15, 0.2) is 0 Å². The Hall–Kier alpha value is -0.740. The van der Waals surface area contributed by atoms with Crippen molar-refractivity contribution in [1.29, 1.82) is 0 Å². The van der Waals surface area contributed by atoms with Crippen LogP contribution >= 0.6 is 15.9 Å². The van der Waals surface area contributed by atoms with E-state index in [0.29, 0.717) is 6.54 Å². The smallest absolute Gasteiger partial charge is 0.231 e. The van der Waals surface area contributed by atoms with Gasteiger partial charge >= 0.3 is 0 Å². The monoisotopic (exact) mass is 248 g/mol. The molecule has 74 valence electrons. The summed E-state index contributed by atoms with van der Waals surface area (Å²) in [7, 11) is 0. The molecule has 0 rings (SSSR count). The highest BCUT2D eigenvalue weighted by molar-refractivity contribution is 9.10. The van der Waals surface area contributed by atoms with E-state index in [1.807, 2.05) is 0 Å². The molecule has 0 saturated carbocycles. The predicted molar refractivity (Wildman–Crippen MR) is 54.4 cm³/mol. The number of rotatable bonds is 7. The van der Waals surface area contributed by atoms with Crippen LogP contribution in [-0.4, -0.2) is 17.3 Å². The van der Waals surface area contributed by atoms with Gasteiger partial charge in [0, 0.05) is 11.5 Å². The summed E-state index contributed by atoms with van der Waals surface area (Å²) >= 11 is 3.17. The molecule has 1 unspecified atom stereocenters. The van der Waals surface area contributed by atoms with Gasteiger partial charge in [0.05, 0.1) is 4.83 Å². The maximum Gasteiger partial charge on any atom is 0.231 e. The summed E-state index contributed by atoms with van der Waals surface area (Å²) in [6, 6.07) is 0. The molecular formula is C7H13BrN4O. The van der Waals surface area contributed by atoms with Crippen molar-refractivity contribution in [2.45, 2.75) is 30.5 Å². The van der Waals surface area contributed by atoms with E-state index in [4.69, 9.17) is 11.3 Å². The van der Waals surface area contributed by atoms with Crippen molar-refractivity contribution in [3.63, 3.8) is 0 Å². The Morgan fingerprint density at radius 2 is 2.23 bits per heavy atom. The highest BCUT2D eigenvalue weighted by Crippen LogP contribution is 2.10. The Kier molecular flexibility index (Phi) is 7.44. The number of unbranched alkanes of at least 4 members (excludes halogenated alkanes) is 2. The highest BCUT2D eigenvalue weighted by Gasteiger charge is 2.08. The SMILES string of the molecule is [N-]=[N+]=NCCCCCC(Br)C(N)=O. The number of hydrogen-bond acceptors (Lipinski definition) is 2. The second kappa shape index (κ2) is 7.89. The minimum atomic E-state index is -0.324. The summed E-state index contributed by atoms with van der Waals surface area (Å²) in [5.41, 5.74) is 13.0. The Balaban J connectivity index is 3.25. The van der Waals surface area contributed by atoms with Gasteiger partial charge in [-0.15, -0.1) is 0 Å². The van der Waals surface area contributed by atoms with Crippen molar-refractivity contribution >= 4 is 21.8 Å². The van der Waals surface area contributed by atoms with Crippen molar-refractivity contribution in [3.8, 4) is 0 Å². The average Bonchev–Trinajstić information content (AvgIpc) is 2.10. The first kappa shape index (κ1) is 12.3. The number of nitrogens with two attached hydrogens (primary N) is 1. The average molecular weight is 249 g/mol. The molecule has 0 aliphatic carbocycles. The maximum atomic E-state index is 10.6. The predicted octanol–water partition coefficient (Wildman–Crippen LogP) is 2.11. The number of nitrogens with zero attached hydrogens (tertiary/aromatic N) is 3. The first-order valence-electron chi connectivity index (χ1n) is 4.12. The summed E-state index contributed by atoms with van der Waals surface area (Å²) in [4.78, 5) is 13.0. The lowest BCUT2D eigenvalue weighted by atomic mass is 10.1. The van der Waals surface area contributed by atoms with E-state index in [1.54, 1.807) is 0 Å². The maximum absolute atomic E-state index is 10.6. The molecule has 1 amide bonds. The van der Waals surface area contributed by atoms with Crippen LogP contribution in [0.15, 0.2) is 5.11 Å². The molecule has 5 nitrogen and oxygen atoms in total. The molecule has 2 N–H and O–H groups in total. The molecule has 0 saturated heterocycles. The van der Waals surface area contributed by atoms with Gasteiger partial charge in [0.2, 0.25) is 5.91 Å². The summed E-state index contributed by atoms with van der Waals surface area (Å²) in [6.07, 6.45) is 3.47. The minimum absolute atomic E-state index is 0.230. The van der Waals surface area contributed by atoms with Crippen molar-refractivity contribution < 1.29 is 4.79 Å². The summed E-state index contributed by atoms with van der Waals surface area (Å²) < 4.78 is 0. The number of halogens is 1. The van der Waals surface area contributed by atoms with Crippen LogP contribution in [-0.2, 0) is 4.79 Å². The van der Waals surface area contributed by atoms with Crippen LogP contribution in [0.4, 0.5) is 0 Å². The fourth-order valence-corrected chi connectivity index (χ4v) is 1.19. The molecule has 13 heavy (non-hydrogen) atoms. The van der Waals surface area contributed by atoms with Crippen LogP contribution in [0, 0.1) is 0 Å². The Morgan fingerprint density at radius 1 is 1.54 bits per heavy atom. The molecule has 0 fully saturated rings. The van der Waals surface area contributed by atoms with E-state index in [1.165, 1.54) is 0 Å². The van der Waals surface area contributed by atoms with E-state index in [-0.39, 0.29) is 10.7 Å². The Labute approximate surface area is 85.4 Å². The van der Waals surface area contributed by atoms with E-state index in [0.717, 1.165) is 25.7 Å². The number of alkyl halides is 1. The number of carbonyl (C=O) groups excluding carboxylic acids is 1.